The summed E-state index contributed by atoms with van der Waals surface area (Å²) in [5.74, 6) is 1.37. The fourth-order valence-corrected chi connectivity index (χ4v) is 5.58. The third-order valence-corrected chi connectivity index (χ3v) is 8.06. The fourth-order valence-electron chi connectivity index (χ4n) is 5.27. The van der Waals surface area contributed by atoms with Crippen LogP contribution in [0.2, 0.25) is 5.02 Å². The molecule has 0 aliphatic heterocycles. The molecule has 2 aliphatic carbocycles. The molecule has 4 heterocycles. The number of aromatic carboxylic acids is 1. The summed E-state index contributed by atoms with van der Waals surface area (Å²) in [6.45, 7) is 3.77. The Balaban J connectivity index is 1.46. The molecular formula is C30H26ClN5O4. The number of carboxylic acid groups (broad SMARTS) is 1. The molecule has 2 saturated carbocycles. The van der Waals surface area contributed by atoms with Crippen molar-refractivity contribution in [3.05, 3.63) is 70.9 Å². The normalized spacial score (nSPS) is 15.4. The lowest BCUT2D eigenvalue weighted by atomic mass is 9.95. The molecule has 40 heavy (non-hydrogen) atoms. The minimum atomic E-state index is -1.07. The molecule has 5 aromatic rings. The van der Waals surface area contributed by atoms with E-state index in [-0.39, 0.29) is 16.7 Å². The molecule has 0 radical (unpaired) electrons. The van der Waals surface area contributed by atoms with Crippen LogP contribution < -0.4 is 4.74 Å². The zero-order chi connectivity index (χ0) is 27.5. The lowest BCUT2D eigenvalue weighted by Gasteiger charge is -2.28. The SMILES string of the molecule is Cc1noc(C)c1-c1cnc2c(c1)c(-c1c(Cl)cc(C(=O)O)cc1OC1CCC1)cn2-c1cnc(C2CC2)nc1. The van der Waals surface area contributed by atoms with Gasteiger partial charge in [0.1, 0.15) is 23.0 Å². The number of halogens is 1. The molecule has 4 aromatic heterocycles. The molecule has 1 aromatic carbocycles. The number of ether oxygens (including phenoxy) is 1. The molecule has 2 aliphatic rings. The average Bonchev–Trinajstić information content (AvgIpc) is 3.63. The first kappa shape index (κ1) is 24.8. The summed E-state index contributed by atoms with van der Waals surface area (Å²) in [5, 5.41) is 14.9. The van der Waals surface area contributed by atoms with Crippen LogP contribution in [0.4, 0.5) is 0 Å². The van der Waals surface area contributed by atoms with E-state index in [9.17, 15) is 9.90 Å². The molecule has 0 spiro atoms. The molecule has 7 rings (SSSR count). The zero-order valence-electron chi connectivity index (χ0n) is 22.0. The molecule has 2 fully saturated rings. The summed E-state index contributed by atoms with van der Waals surface area (Å²) in [5.41, 5.74) is 5.40. The molecule has 0 bridgehead atoms. The lowest BCUT2D eigenvalue weighted by molar-refractivity contribution is 0.0695. The van der Waals surface area contributed by atoms with Gasteiger partial charge in [-0.1, -0.05) is 16.8 Å². The van der Waals surface area contributed by atoms with Gasteiger partial charge in [-0.05, 0) is 64.2 Å². The summed E-state index contributed by atoms with van der Waals surface area (Å²) < 4.78 is 13.7. The number of pyridine rings is 1. The molecule has 202 valence electrons. The van der Waals surface area contributed by atoms with E-state index in [1.165, 1.54) is 6.07 Å². The Morgan fingerprint density at radius 3 is 2.45 bits per heavy atom. The third kappa shape index (κ3) is 4.21. The maximum absolute atomic E-state index is 11.9. The predicted molar refractivity (Wildman–Crippen MR) is 149 cm³/mol. The summed E-state index contributed by atoms with van der Waals surface area (Å²) in [6.07, 6.45) is 12.5. The van der Waals surface area contributed by atoms with Gasteiger partial charge in [-0.2, -0.15) is 0 Å². The van der Waals surface area contributed by atoms with Crippen molar-refractivity contribution in [2.24, 2.45) is 0 Å². The smallest absolute Gasteiger partial charge is 0.335 e. The van der Waals surface area contributed by atoms with Crippen LogP contribution in [0.5, 0.6) is 5.75 Å². The molecule has 1 N–H and O–H groups in total. The Morgan fingerprint density at radius 1 is 1.05 bits per heavy atom. The van der Waals surface area contributed by atoms with E-state index in [1.54, 1.807) is 12.3 Å². The van der Waals surface area contributed by atoms with Crippen LogP contribution in [0.3, 0.4) is 0 Å². The van der Waals surface area contributed by atoms with Gasteiger partial charge in [0.25, 0.3) is 0 Å². The number of benzene rings is 1. The van der Waals surface area contributed by atoms with E-state index < -0.39 is 5.97 Å². The number of aryl methyl sites for hydroxylation is 2. The Labute approximate surface area is 234 Å². The van der Waals surface area contributed by atoms with Crippen molar-refractivity contribution >= 4 is 28.6 Å². The van der Waals surface area contributed by atoms with Crippen molar-refractivity contribution in [2.75, 3.05) is 0 Å². The predicted octanol–water partition coefficient (Wildman–Crippen LogP) is 6.91. The Morgan fingerprint density at radius 2 is 1.82 bits per heavy atom. The molecule has 0 amide bonds. The molecule has 0 saturated heterocycles. The molecule has 0 unspecified atom stereocenters. The first-order valence-electron chi connectivity index (χ1n) is 13.4. The minimum Gasteiger partial charge on any atom is -0.490 e. The van der Waals surface area contributed by atoms with Crippen molar-refractivity contribution < 1.29 is 19.2 Å². The minimum absolute atomic E-state index is 0.0200. The highest BCUT2D eigenvalue weighted by Crippen LogP contribution is 2.45. The second kappa shape index (κ2) is 9.45. The number of hydrogen-bond donors (Lipinski definition) is 1. The van der Waals surface area contributed by atoms with E-state index in [1.807, 2.05) is 43.1 Å². The average molecular weight is 556 g/mol. The number of carbonyl (C=O) groups is 1. The van der Waals surface area contributed by atoms with E-state index in [0.29, 0.717) is 28.6 Å². The van der Waals surface area contributed by atoms with Crippen LogP contribution in [0, 0.1) is 13.8 Å². The van der Waals surface area contributed by atoms with Crippen LogP contribution in [0.15, 0.2) is 47.5 Å². The summed E-state index contributed by atoms with van der Waals surface area (Å²) in [4.78, 5) is 26.0. The van der Waals surface area contributed by atoms with Gasteiger partial charge < -0.3 is 14.4 Å². The maximum Gasteiger partial charge on any atom is 0.335 e. The molecular weight excluding hydrogens is 530 g/mol. The first-order valence-corrected chi connectivity index (χ1v) is 13.8. The van der Waals surface area contributed by atoms with Gasteiger partial charge in [0.05, 0.1) is 40.5 Å². The van der Waals surface area contributed by atoms with Crippen LogP contribution in [-0.2, 0) is 0 Å². The van der Waals surface area contributed by atoms with E-state index in [4.69, 9.17) is 25.8 Å². The van der Waals surface area contributed by atoms with E-state index >= 15 is 0 Å². The highest BCUT2D eigenvalue weighted by atomic mass is 35.5. The number of nitrogens with zero attached hydrogens (tertiary/aromatic N) is 5. The van der Waals surface area contributed by atoms with Crippen molar-refractivity contribution in [3.8, 4) is 33.7 Å². The lowest BCUT2D eigenvalue weighted by Crippen LogP contribution is -2.25. The summed E-state index contributed by atoms with van der Waals surface area (Å²) >= 11 is 6.84. The van der Waals surface area contributed by atoms with Crippen molar-refractivity contribution in [3.63, 3.8) is 0 Å². The Hall–Kier alpha value is -4.24. The monoisotopic (exact) mass is 555 g/mol. The molecule has 10 heteroatoms. The van der Waals surface area contributed by atoms with Crippen molar-refractivity contribution in [1.29, 1.82) is 0 Å². The van der Waals surface area contributed by atoms with Gasteiger partial charge in [0.15, 0.2) is 0 Å². The standard InChI is InChI=1S/C30H26ClN5O4/c1-15-26(16(2)40-35-15)19-8-22-23(27-24(31)9-18(30(37)38)10-25(27)39-21-4-3-5-21)14-36(29(22)34-11-19)20-12-32-28(33-13-20)17-6-7-17/h8-14,17,21H,3-7H2,1-2H3,(H,37,38). The second-order valence-corrected chi connectivity index (χ2v) is 11.0. The maximum atomic E-state index is 11.9. The third-order valence-electron chi connectivity index (χ3n) is 7.76. The topological polar surface area (TPSA) is 116 Å². The second-order valence-electron chi connectivity index (χ2n) is 10.6. The van der Waals surface area contributed by atoms with Crippen LogP contribution in [0.25, 0.3) is 39.0 Å². The number of carboxylic acids is 1. The quantitative estimate of drug-likeness (QED) is 0.230. The van der Waals surface area contributed by atoms with Gasteiger partial charge in [-0.25, -0.2) is 19.7 Å². The van der Waals surface area contributed by atoms with Gasteiger partial charge in [0, 0.05) is 46.0 Å². The highest BCUT2D eigenvalue weighted by molar-refractivity contribution is 6.34. The van der Waals surface area contributed by atoms with Gasteiger partial charge >= 0.3 is 5.97 Å². The molecule has 0 atom stereocenters. The zero-order valence-corrected chi connectivity index (χ0v) is 22.8. The van der Waals surface area contributed by atoms with Gasteiger partial charge in [-0.3, -0.25) is 4.57 Å². The summed E-state index contributed by atoms with van der Waals surface area (Å²) in [7, 11) is 0. The first-order chi connectivity index (χ1) is 19.4. The summed E-state index contributed by atoms with van der Waals surface area (Å²) in [6, 6.07) is 5.06. The highest BCUT2D eigenvalue weighted by Gasteiger charge is 2.28. The van der Waals surface area contributed by atoms with Gasteiger partial charge in [0.2, 0.25) is 0 Å². The largest absolute Gasteiger partial charge is 0.490 e. The van der Waals surface area contributed by atoms with Gasteiger partial charge in [-0.15, -0.1) is 0 Å². The van der Waals surface area contributed by atoms with Crippen LogP contribution in [0.1, 0.15) is 65.7 Å². The van der Waals surface area contributed by atoms with Crippen LogP contribution >= 0.6 is 11.6 Å². The Bertz CT molecular complexity index is 1760. The Kier molecular flexibility index (Phi) is 5.85. The number of rotatable bonds is 7. The molecule has 9 nitrogen and oxygen atoms in total. The number of hydrogen-bond acceptors (Lipinski definition) is 7. The van der Waals surface area contributed by atoms with E-state index in [0.717, 1.165) is 71.4 Å². The number of fused-ring (bicyclic) bond motifs is 1. The van der Waals surface area contributed by atoms with Crippen LogP contribution in [-0.4, -0.2) is 41.9 Å². The number of aromatic nitrogens is 5. The van der Waals surface area contributed by atoms with Crippen molar-refractivity contribution in [2.45, 2.75) is 58.0 Å². The fraction of sp³-hybridized carbons (Fsp3) is 0.300. The van der Waals surface area contributed by atoms with Crippen molar-refractivity contribution in [1.82, 2.24) is 24.7 Å². The van der Waals surface area contributed by atoms with E-state index in [2.05, 4.69) is 15.1 Å².